The van der Waals surface area contributed by atoms with Crippen LogP contribution in [0, 0.1) is 6.92 Å². The van der Waals surface area contributed by atoms with Crippen molar-refractivity contribution in [3.8, 4) is 0 Å². The van der Waals surface area contributed by atoms with Crippen molar-refractivity contribution in [1.82, 2.24) is 10.2 Å². The molecule has 3 heteroatoms. The second-order valence-electron chi connectivity index (χ2n) is 5.00. The molecule has 17 heavy (non-hydrogen) atoms. The summed E-state index contributed by atoms with van der Waals surface area (Å²) in [6.07, 6.45) is 2.82. The van der Waals surface area contributed by atoms with Gasteiger partial charge in [0.15, 0.2) is 0 Å². The fourth-order valence-corrected chi connectivity index (χ4v) is 3.34. The number of nitrogens with zero attached hydrogens (tertiary/aromatic N) is 1. The molecule has 1 unspecified atom stereocenters. The van der Waals surface area contributed by atoms with Gasteiger partial charge in [-0.3, -0.25) is 4.90 Å². The van der Waals surface area contributed by atoms with Gasteiger partial charge in [0.05, 0.1) is 0 Å². The SMILES string of the molecule is CCN(CCNC(C)c1sccc1C)C1CC1. The van der Waals surface area contributed by atoms with Crippen LogP contribution < -0.4 is 5.32 Å². The van der Waals surface area contributed by atoms with E-state index in [0.717, 1.165) is 12.6 Å². The van der Waals surface area contributed by atoms with Gasteiger partial charge in [0.2, 0.25) is 0 Å². The van der Waals surface area contributed by atoms with Crippen molar-refractivity contribution >= 4 is 11.3 Å². The summed E-state index contributed by atoms with van der Waals surface area (Å²) in [6, 6.07) is 3.59. The van der Waals surface area contributed by atoms with Gasteiger partial charge in [-0.2, -0.15) is 0 Å². The molecular weight excluding hydrogens is 228 g/mol. The van der Waals surface area contributed by atoms with Crippen molar-refractivity contribution in [2.24, 2.45) is 0 Å². The number of rotatable bonds is 7. The Hall–Kier alpha value is -0.380. The van der Waals surface area contributed by atoms with Gasteiger partial charge >= 0.3 is 0 Å². The zero-order valence-electron chi connectivity index (χ0n) is 11.2. The number of hydrogen-bond acceptors (Lipinski definition) is 3. The minimum atomic E-state index is 0.493. The van der Waals surface area contributed by atoms with Gasteiger partial charge in [0.25, 0.3) is 0 Å². The van der Waals surface area contributed by atoms with Gasteiger partial charge in [-0.15, -0.1) is 11.3 Å². The van der Waals surface area contributed by atoms with Gasteiger partial charge < -0.3 is 5.32 Å². The van der Waals surface area contributed by atoms with E-state index in [9.17, 15) is 0 Å². The van der Waals surface area contributed by atoms with Crippen molar-refractivity contribution in [2.45, 2.75) is 45.7 Å². The fourth-order valence-electron chi connectivity index (χ4n) is 2.38. The molecule has 1 aliphatic rings. The average Bonchev–Trinajstić information content (AvgIpc) is 3.06. The molecule has 1 aromatic heterocycles. The lowest BCUT2D eigenvalue weighted by Crippen LogP contribution is -2.34. The van der Waals surface area contributed by atoms with Crippen molar-refractivity contribution in [3.05, 3.63) is 21.9 Å². The van der Waals surface area contributed by atoms with Gasteiger partial charge in [-0.05, 0) is 50.2 Å². The molecule has 0 aromatic carbocycles. The third-order valence-corrected chi connectivity index (χ3v) is 4.82. The molecule has 2 nitrogen and oxygen atoms in total. The largest absolute Gasteiger partial charge is 0.308 e. The molecule has 1 aromatic rings. The number of thiophene rings is 1. The number of likely N-dealkylation sites (N-methyl/N-ethyl adjacent to an activating group) is 1. The van der Waals surface area contributed by atoms with E-state index in [4.69, 9.17) is 0 Å². The van der Waals surface area contributed by atoms with E-state index < -0.39 is 0 Å². The summed E-state index contributed by atoms with van der Waals surface area (Å²) in [5, 5.41) is 5.83. The van der Waals surface area contributed by atoms with Crippen molar-refractivity contribution in [3.63, 3.8) is 0 Å². The molecule has 1 fully saturated rings. The van der Waals surface area contributed by atoms with Crippen molar-refractivity contribution < 1.29 is 0 Å². The van der Waals surface area contributed by atoms with Crippen LogP contribution in [0.15, 0.2) is 11.4 Å². The molecule has 0 radical (unpaired) electrons. The van der Waals surface area contributed by atoms with Crippen LogP contribution in [0.3, 0.4) is 0 Å². The topological polar surface area (TPSA) is 15.3 Å². The van der Waals surface area contributed by atoms with Crippen LogP contribution in [0.2, 0.25) is 0 Å². The Balaban J connectivity index is 1.72. The predicted octanol–water partition coefficient (Wildman–Crippen LogP) is 3.19. The minimum absolute atomic E-state index is 0.493. The van der Waals surface area contributed by atoms with Crippen LogP contribution in [0.1, 0.15) is 43.2 Å². The Labute approximate surface area is 109 Å². The maximum absolute atomic E-state index is 3.64. The molecule has 1 aliphatic carbocycles. The van der Waals surface area contributed by atoms with E-state index in [0.29, 0.717) is 6.04 Å². The lowest BCUT2D eigenvalue weighted by atomic mass is 10.2. The van der Waals surface area contributed by atoms with E-state index in [1.54, 1.807) is 0 Å². The first-order valence-corrected chi connectivity index (χ1v) is 7.61. The summed E-state index contributed by atoms with van der Waals surface area (Å²) in [7, 11) is 0. The lowest BCUT2D eigenvalue weighted by molar-refractivity contribution is 0.273. The molecule has 0 aliphatic heterocycles. The van der Waals surface area contributed by atoms with Crippen LogP contribution in [0.5, 0.6) is 0 Å². The van der Waals surface area contributed by atoms with Crippen molar-refractivity contribution in [1.29, 1.82) is 0 Å². The molecule has 0 spiro atoms. The Bertz CT molecular complexity index is 344. The van der Waals surface area contributed by atoms with Crippen LogP contribution in [-0.4, -0.2) is 30.6 Å². The van der Waals surface area contributed by atoms with Crippen molar-refractivity contribution in [2.75, 3.05) is 19.6 Å². The predicted molar refractivity (Wildman–Crippen MR) is 75.7 cm³/mol. The van der Waals surface area contributed by atoms with E-state index in [-0.39, 0.29) is 0 Å². The molecule has 96 valence electrons. The third kappa shape index (κ3) is 3.54. The third-order valence-electron chi connectivity index (χ3n) is 3.61. The summed E-state index contributed by atoms with van der Waals surface area (Å²) in [5.74, 6) is 0. The molecule has 1 N–H and O–H groups in total. The fraction of sp³-hybridized carbons (Fsp3) is 0.714. The van der Waals surface area contributed by atoms with Gasteiger partial charge in [0, 0.05) is 30.1 Å². The van der Waals surface area contributed by atoms with E-state index in [1.165, 1.54) is 36.4 Å². The number of hydrogen-bond donors (Lipinski definition) is 1. The van der Waals surface area contributed by atoms with Crippen LogP contribution in [0.25, 0.3) is 0 Å². The average molecular weight is 252 g/mol. The first-order chi connectivity index (χ1) is 8.22. The zero-order valence-corrected chi connectivity index (χ0v) is 12.0. The Morgan fingerprint density at radius 1 is 1.53 bits per heavy atom. The van der Waals surface area contributed by atoms with Crippen LogP contribution in [0.4, 0.5) is 0 Å². The summed E-state index contributed by atoms with van der Waals surface area (Å²) < 4.78 is 0. The minimum Gasteiger partial charge on any atom is -0.308 e. The van der Waals surface area contributed by atoms with Crippen LogP contribution >= 0.6 is 11.3 Å². The quantitative estimate of drug-likeness (QED) is 0.802. The summed E-state index contributed by atoms with van der Waals surface area (Å²) >= 11 is 1.86. The highest BCUT2D eigenvalue weighted by Gasteiger charge is 2.27. The molecule has 2 rings (SSSR count). The van der Waals surface area contributed by atoms with E-state index >= 15 is 0 Å². The summed E-state index contributed by atoms with van der Waals surface area (Å²) in [4.78, 5) is 4.08. The highest BCUT2D eigenvalue weighted by Crippen LogP contribution is 2.26. The number of aryl methyl sites for hydroxylation is 1. The smallest absolute Gasteiger partial charge is 0.0389 e. The van der Waals surface area contributed by atoms with Gasteiger partial charge in [-0.1, -0.05) is 6.92 Å². The first kappa shape index (κ1) is 13.1. The normalized spacial score (nSPS) is 17.6. The maximum Gasteiger partial charge on any atom is 0.0389 e. The molecule has 0 bridgehead atoms. The molecular formula is C14H24N2S. The Kier molecular flexibility index (Phi) is 4.60. The molecule has 1 atom stereocenters. The first-order valence-electron chi connectivity index (χ1n) is 6.73. The standard InChI is InChI=1S/C14H24N2S/c1-4-16(13-5-6-13)9-8-15-12(3)14-11(2)7-10-17-14/h7,10,12-13,15H,4-6,8-9H2,1-3H3. The summed E-state index contributed by atoms with van der Waals surface area (Å²) in [6.45, 7) is 10.2. The lowest BCUT2D eigenvalue weighted by Gasteiger charge is -2.21. The monoisotopic (exact) mass is 252 g/mol. The molecule has 0 amide bonds. The second-order valence-corrected chi connectivity index (χ2v) is 5.95. The Morgan fingerprint density at radius 2 is 2.29 bits per heavy atom. The van der Waals surface area contributed by atoms with E-state index in [1.807, 2.05) is 11.3 Å². The van der Waals surface area contributed by atoms with Gasteiger partial charge in [0.1, 0.15) is 0 Å². The molecule has 1 saturated carbocycles. The van der Waals surface area contributed by atoms with Crippen LogP contribution in [-0.2, 0) is 0 Å². The second kappa shape index (κ2) is 5.98. The maximum atomic E-state index is 3.64. The highest BCUT2D eigenvalue weighted by atomic mass is 32.1. The Morgan fingerprint density at radius 3 is 2.82 bits per heavy atom. The zero-order chi connectivity index (χ0) is 12.3. The molecule has 0 saturated heterocycles. The van der Waals surface area contributed by atoms with Gasteiger partial charge in [-0.25, -0.2) is 0 Å². The summed E-state index contributed by atoms with van der Waals surface area (Å²) in [5.41, 5.74) is 1.42. The highest BCUT2D eigenvalue weighted by molar-refractivity contribution is 7.10. The number of nitrogens with one attached hydrogen (secondary N) is 1. The molecule has 1 heterocycles. The van der Waals surface area contributed by atoms with E-state index in [2.05, 4.69) is 42.4 Å².